The average Bonchev–Trinajstić information content (AvgIpc) is 2.52. The zero-order chi connectivity index (χ0) is 18.6. The third-order valence-electron chi connectivity index (χ3n) is 3.56. The molecule has 2 aromatic rings. The van der Waals surface area contributed by atoms with Gasteiger partial charge in [0, 0.05) is 23.9 Å². The Morgan fingerprint density at radius 3 is 2.48 bits per heavy atom. The lowest BCUT2D eigenvalue weighted by Gasteiger charge is -2.15. The summed E-state index contributed by atoms with van der Waals surface area (Å²) in [6.07, 6.45) is 1.05. The molecule has 0 spiro atoms. The smallest absolute Gasteiger partial charge is 0.238 e. The molecule has 0 aliphatic rings. The van der Waals surface area contributed by atoms with Crippen molar-refractivity contribution in [1.29, 1.82) is 0 Å². The Morgan fingerprint density at radius 2 is 1.84 bits per heavy atom. The van der Waals surface area contributed by atoms with Crippen LogP contribution in [0.5, 0.6) is 0 Å². The standard InChI is InChI=1S/C17H18F2N2O3S/c1-11(13-8-7-12(18)9-14(13)19)20-10-17(22)21-15-5-3-4-6-16(15)25(2,23)24/h3-9,11,20H,10H2,1-2H3,(H,21,22). The first-order valence-corrected chi connectivity index (χ1v) is 9.35. The molecule has 0 radical (unpaired) electrons. The van der Waals surface area contributed by atoms with Crippen LogP contribution in [0.1, 0.15) is 18.5 Å². The number of halogens is 2. The van der Waals surface area contributed by atoms with Crippen molar-refractivity contribution in [3.05, 3.63) is 59.7 Å². The van der Waals surface area contributed by atoms with Crippen molar-refractivity contribution in [3.63, 3.8) is 0 Å². The second kappa shape index (κ2) is 7.71. The minimum Gasteiger partial charge on any atom is -0.324 e. The van der Waals surface area contributed by atoms with Gasteiger partial charge in [0.25, 0.3) is 0 Å². The van der Waals surface area contributed by atoms with E-state index in [2.05, 4.69) is 10.6 Å². The molecule has 0 bridgehead atoms. The molecule has 0 heterocycles. The van der Waals surface area contributed by atoms with E-state index in [-0.39, 0.29) is 22.7 Å². The lowest BCUT2D eigenvalue weighted by molar-refractivity contribution is -0.115. The maximum atomic E-state index is 13.7. The number of hydrogen-bond acceptors (Lipinski definition) is 4. The molecule has 0 saturated heterocycles. The number of nitrogens with one attached hydrogen (secondary N) is 2. The number of sulfone groups is 1. The molecule has 134 valence electrons. The van der Waals surface area contributed by atoms with Gasteiger partial charge in [-0.1, -0.05) is 18.2 Å². The third-order valence-corrected chi connectivity index (χ3v) is 4.71. The minimum absolute atomic E-state index is 0.0148. The zero-order valence-electron chi connectivity index (χ0n) is 13.7. The van der Waals surface area contributed by atoms with Crippen LogP contribution in [0.2, 0.25) is 0 Å². The average molecular weight is 368 g/mol. The predicted molar refractivity (Wildman–Crippen MR) is 91.0 cm³/mol. The molecule has 1 amide bonds. The van der Waals surface area contributed by atoms with E-state index < -0.39 is 33.4 Å². The summed E-state index contributed by atoms with van der Waals surface area (Å²) >= 11 is 0. The van der Waals surface area contributed by atoms with Gasteiger partial charge in [-0.05, 0) is 25.1 Å². The SMILES string of the molecule is CC(NCC(=O)Nc1ccccc1S(C)(=O)=O)c1ccc(F)cc1F. The molecule has 0 aliphatic heterocycles. The topological polar surface area (TPSA) is 75.3 Å². The maximum Gasteiger partial charge on any atom is 0.238 e. The molecule has 0 aromatic heterocycles. The molecule has 0 aliphatic carbocycles. The van der Waals surface area contributed by atoms with E-state index in [0.717, 1.165) is 18.4 Å². The Bertz CT molecular complexity index is 885. The number of carbonyl (C=O) groups excluding carboxylic acids is 1. The van der Waals surface area contributed by atoms with Crippen LogP contribution in [0.15, 0.2) is 47.4 Å². The maximum absolute atomic E-state index is 13.7. The summed E-state index contributed by atoms with van der Waals surface area (Å²) in [6.45, 7) is 1.46. The summed E-state index contributed by atoms with van der Waals surface area (Å²) in [4.78, 5) is 12.1. The number of amides is 1. The summed E-state index contributed by atoms with van der Waals surface area (Å²) in [5, 5.41) is 5.33. The van der Waals surface area contributed by atoms with Gasteiger partial charge < -0.3 is 10.6 Å². The molecule has 2 aromatic carbocycles. The van der Waals surface area contributed by atoms with Crippen molar-refractivity contribution in [3.8, 4) is 0 Å². The molecule has 8 heteroatoms. The van der Waals surface area contributed by atoms with Crippen LogP contribution in [-0.4, -0.2) is 27.1 Å². The Kier molecular flexibility index (Phi) is 5.86. The predicted octanol–water partition coefficient (Wildman–Crippen LogP) is 2.66. The van der Waals surface area contributed by atoms with Crippen LogP contribution in [0.25, 0.3) is 0 Å². The first kappa shape index (κ1) is 19.0. The molecule has 2 N–H and O–H groups in total. The fraction of sp³-hybridized carbons (Fsp3) is 0.235. The first-order valence-electron chi connectivity index (χ1n) is 7.45. The monoisotopic (exact) mass is 368 g/mol. The van der Waals surface area contributed by atoms with Crippen molar-refractivity contribution in [2.75, 3.05) is 18.1 Å². The Labute approximate surface area is 145 Å². The van der Waals surface area contributed by atoms with Crippen LogP contribution in [-0.2, 0) is 14.6 Å². The molecular formula is C17H18F2N2O3S. The normalized spacial score (nSPS) is 12.6. The van der Waals surface area contributed by atoms with Gasteiger partial charge in [-0.25, -0.2) is 17.2 Å². The third kappa shape index (κ3) is 5.07. The molecule has 5 nitrogen and oxygen atoms in total. The minimum atomic E-state index is -3.48. The van der Waals surface area contributed by atoms with Gasteiger partial charge >= 0.3 is 0 Å². The number of para-hydroxylation sites is 1. The van der Waals surface area contributed by atoms with E-state index in [0.29, 0.717) is 0 Å². The van der Waals surface area contributed by atoms with Crippen molar-refractivity contribution >= 4 is 21.4 Å². The lowest BCUT2D eigenvalue weighted by atomic mass is 10.1. The highest BCUT2D eigenvalue weighted by molar-refractivity contribution is 7.90. The number of carbonyl (C=O) groups is 1. The summed E-state index contributed by atoms with van der Waals surface area (Å²) < 4.78 is 50.1. The van der Waals surface area contributed by atoms with Gasteiger partial charge in [-0.15, -0.1) is 0 Å². The van der Waals surface area contributed by atoms with E-state index in [1.165, 1.54) is 18.2 Å². The van der Waals surface area contributed by atoms with Gasteiger partial charge in [-0.2, -0.15) is 0 Å². The van der Waals surface area contributed by atoms with E-state index in [1.54, 1.807) is 19.1 Å². The summed E-state index contributed by atoms with van der Waals surface area (Å²) in [6, 6.07) is 8.73. The van der Waals surface area contributed by atoms with Gasteiger partial charge in [0.05, 0.1) is 17.1 Å². The Balaban J connectivity index is 2.02. The largest absolute Gasteiger partial charge is 0.324 e. The first-order chi connectivity index (χ1) is 11.7. The van der Waals surface area contributed by atoms with Crippen LogP contribution in [0, 0.1) is 11.6 Å². The molecule has 25 heavy (non-hydrogen) atoms. The van der Waals surface area contributed by atoms with Crippen molar-refractivity contribution in [1.82, 2.24) is 5.32 Å². The van der Waals surface area contributed by atoms with Crippen molar-refractivity contribution < 1.29 is 22.0 Å². The van der Waals surface area contributed by atoms with Crippen LogP contribution in [0.3, 0.4) is 0 Å². The highest BCUT2D eigenvalue weighted by atomic mass is 32.2. The molecule has 0 fully saturated rings. The molecule has 1 atom stereocenters. The lowest BCUT2D eigenvalue weighted by Crippen LogP contribution is -2.30. The van der Waals surface area contributed by atoms with Crippen molar-refractivity contribution in [2.45, 2.75) is 17.9 Å². The van der Waals surface area contributed by atoms with Gasteiger partial charge in [-0.3, -0.25) is 4.79 Å². The molecule has 1 unspecified atom stereocenters. The quantitative estimate of drug-likeness (QED) is 0.822. The summed E-state index contributed by atoms with van der Waals surface area (Å²) in [5.74, 6) is -1.86. The van der Waals surface area contributed by atoms with Crippen LogP contribution >= 0.6 is 0 Å². The van der Waals surface area contributed by atoms with E-state index in [1.807, 2.05) is 0 Å². The molecular weight excluding hydrogens is 350 g/mol. The van der Waals surface area contributed by atoms with Crippen LogP contribution < -0.4 is 10.6 Å². The number of hydrogen-bond donors (Lipinski definition) is 2. The highest BCUT2D eigenvalue weighted by Crippen LogP contribution is 2.21. The fourth-order valence-electron chi connectivity index (χ4n) is 2.30. The van der Waals surface area contributed by atoms with Gasteiger partial charge in [0.2, 0.25) is 5.91 Å². The summed E-state index contributed by atoms with van der Waals surface area (Å²) in [5.41, 5.74) is 0.406. The molecule has 2 rings (SSSR count). The van der Waals surface area contributed by atoms with Crippen molar-refractivity contribution in [2.24, 2.45) is 0 Å². The second-order valence-corrected chi connectivity index (χ2v) is 7.57. The second-order valence-electron chi connectivity index (χ2n) is 5.58. The van der Waals surface area contributed by atoms with Crippen LogP contribution in [0.4, 0.5) is 14.5 Å². The fourth-order valence-corrected chi connectivity index (χ4v) is 3.14. The number of benzene rings is 2. The Morgan fingerprint density at radius 1 is 1.16 bits per heavy atom. The zero-order valence-corrected chi connectivity index (χ0v) is 14.5. The van der Waals surface area contributed by atoms with E-state index in [9.17, 15) is 22.0 Å². The highest BCUT2D eigenvalue weighted by Gasteiger charge is 2.16. The van der Waals surface area contributed by atoms with Gasteiger partial charge in [0.15, 0.2) is 9.84 Å². The van der Waals surface area contributed by atoms with Gasteiger partial charge in [0.1, 0.15) is 11.6 Å². The molecule has 0 saturated carbocycles. The van der Waals surface area contributed by atoms with E-state index in [4.69, 9.17) is 0 Å². The number of rotatable bonds is 6. The Hall–Kier alpha value is -2.32. The number of anilines is 1. The van der Waals surface area contributed by atoms with E-state index >= 15 is 0 Å². The summed E-state index contributed by atoms with van der Waals surface area (Å²) in [7, 11) is -3.48.